The summed E-state index contributed by atoms with van der Waals surface area (Å²) in [4.78, 5) is 43.6. The minimum Gasteiger partial charge on any atom is -0.507 e. The van der Waals surface area contributed by atoms with Crippen molar-refractivity contribution >= 4 is 49.8 Å². The molecule has 0 bridgehead atoms. The number of rotatable bonds is 5. The molecule has 0 radical (unpaired) electrons. The summed E-state index contributed by atoms with van der Waals surface area (Å²) in [7, 11) is 1.54. The number of Topliss-reactive ketones (excluding diaryl/α,β-unsaturated/α-hetero) is 1. The Labute approximate surface area is 215 Å². The van der Waals surface area contributed by atoms with Crippen molar-refractivity contribution in [1.29, 1.82) is 0 Å². The highest BCUT2D eigenvalue weighted by Crippen LogP contribution is 2.45. The molecule has 10 heteroatoms. The van der Waals surface area contributed by atoms with Gasteiger partial charge in [-0.1, -0.05) is 41.2 Å². The smallest absolute Gasteiger partial charge is 0.301 e. The van der Waals surface area contributed by atoms with Gasteiger partial charge in [-0.2, -0.15) is 0 Å². The Hall–Kier alpha value is -4.57. The van der Waals surface area contributed by atoms with Crippen LogP contribution >= 0.6 is 11.3 Å². The Morgan fingerprint density at radius 2 is 1.89 bits per heavy atom. The van der Waals surface area contributed by atoms with Crippen LogP contribution in [0.25, 0.3) is 16.0 Å². The maximum Gasteiger partial charge on any atom is 0.301 e. The van der Waals surface area contributed by atoms with Gasteiger partial charge in [0.1, 0.15) is 11.5 Å². The lowest BCUT2D eigenvalue weighted by Gasteiger charge is -2.23. The van der Waals surface area contributed by atoms with E-state index in [0.29, 0.717) is 28.0 Å². The highest BCUT2D eigenvalue weighted by Gasteiger charge is 2.48. The molecule has 5 rings (SSSR count). The Morgan fingerprint density at radius 3 is 2.62 bits per heavy atom. The molecule has 1 aliphatic heterocycles. The Kier molecular flexibility index (Phi) is 5.96. The van der Waals surface area contributed by atoms with E-state index in [1.165, 1.54) is 41.5 Å². The van der Waals surface area contributed by atoms with Gasteiger partial charge in [-0.3, -0.25) is 24.6 Å². The molecule has 1 aromatic heterocycles. The SMILES string of the molecule is COc1ccc2nc(N3C(=O)C(=O)C(=C(O)c4cc(C)ccc4C)C3c3cccc([N+](=O)[O-])c3)sc2c1. The fraction of sp³-hybridized carbons (Fsp3) is 0.148. The summed E-state index contributed by atoms with van der Waals surface area (Å²) in [6.07, 6.45) is 0. The summed E-state index contributed by atoms with van der Waals surface area (Å²) in [5.74, 6) is -1.52. The number of nitrogens with zero attached hydrogens (tertiary/aromatic N) is 3. The second-order valence-corrected chi connectivity index (χ2v) is 9.68. The van der Waals surface area contributed by atoms with Gasteiger partial charge in [0.25, 0.3) is 11.5 Å². The van der Waals surface area contributed by atoms with Crippen molar-refractivity contribution in [3.05, 3.63) is 98.6 Å². The lowest BCUT2D eigenvalue weighted by atomic mass is 9.93. The van der Waals surface area contributed by atoms with E-state index in [1.54, 1.807) is 37.3 Å². The fourth-order valence-corrected chi connectivity index (χ4v) is 5.43. The van der Waals surface area contributed by atoms with E-state index in [-0.39, 0.29) is 22.2 Å². The summed E-state index contributed by atoms with van der Waals surface area (Å²) in [6.45, 7) is 3.64. The summed E-state index contributed by atoms with van der Waals surface area (Å²) in [5.41, 5.74) is 2.50. The molecule has 9 nitrogen and oxygen atoms in total. The first kappa shape index (κ1) is 24.1. The van der Waals surface area contributed by atoms with Crippen LogP contribution in [0.1, 0.15) is 28.3 Å². The van der Waals surface area contributed by atoms with E-state index in [9.17, 15) is 24.8 Å². The number of hydrogen-bond acceptors (Lipinski definition) is 8. The van der Waals surface area contributed by atoms with Crippen molar-refractivity contribution in [2.24, 2.45) is 0 Å². The number of ketones is 1. The highest BCUT2D eigenvalue weighted by atomic mass is 32.1. The predicted molar refractivity (Wildman–Crippen MR) is 140 cm³/mol. The van der Waals surface area contributed by atoms with Gasteiger partial charge in [0, 0.05) is 17.7 Å². The number of aryl methyl sites for hydroxylation is 2. The molecule has 1 atom stereocenters. The zero-order valence-electron chi connectivity index (χ0n) is 20.1. The van der Waals surface area contributed by atoms with Crippen LogP contribution in [0.3, 0.4) is 0 Å². The van der Waals surface area contributed by atoms with E-state index in [1.807, 2.05) is 19.1 Å². The number of nitro groups is 1. The zero-order chi connectivity index (χ0) is 26.4. The zero-order valence-corrected chi connectivity index (χ0v) is 20.9. The number of aromatic nitrogens is 1. The first-order valence-corrected chi connectivity index (χ1v) is 12.1. The number of amides is 1. The van der Waals surface area contributed by atoms with Gasteiger partial charge in [0.2, 0.25) is 0 Å². The van der Waals surface area contributed by atoms with Crippen LogP contribution < -0.4 is 9.64 Å². The average molecular weight is 516 g/mol. The van der Waals surface area contributed by atoms with Crippen LogP contribution in [0.5, 0.6) is 5.75 Å². The molecule has 1 saturated heterocycles. The van der Waals surface area contributed by atoms with E-state index >= 15 is 0 Å². The summed E-state index contributed by atoms with van der Waals surface area (Å²) < 4.78 is 6.00. The quantitative estimate of drug-likeness (QED) is 0.123. The van der Waals surface area contributed by atoms with E-state index < -0.39 is 22.7 Å². The minimum absolute atomic E-state index is 0.156. The van der Waals surface area contributed by atoms with Gasteiger partial charge < -0.3 is 9.84 Å². The third-order valence-electron chi connectivity index (χ3n) is 6.28. The van der Waals surface area contributed by atoms with Crippen LogP contribution in [0.4, 0.5) is 10.8 Å². The largest absolute Gasteiger partial charge is 0.507 e. The fourth-order valence-electron chi connectivity index (χ4n) is 4.41. The molecular formula is C27H21N3O6S. The van der Waals surface area contributed by atoms with E-state index in [0.717, 1.165) is 10.3 Å². The van der Waals surface area contributed by atoms with E-state index in [2.05, 4.69) is 4.98 Å². The third kappa shape index (κ3) is 4.11. The van der Waals surface area contributed by atoms with Crippen LogP contribution in [-0.2, 0) is 9.59 Å². The average Bonchev–Trinajstić information content (AvgIpc) is 3.42. The van der Waals surface area contributed by atoms with Gasteiger partial charge in [0.05, 0.1) is 33.9 Å². The normalized spacial score (nSPS) is 16.9. The first-order valence-electron chi connectivity index (χ1n) is 11.3. The number of aliphatic hydroxyl groups excluding tert-OH is 1. The molecule has 1 unspecified atom stereocenters. The molecule has 0 spiro atoms. The summed E-state index contributed by atoms with van der Waals surface area (Å²) in [6, 6.07) is 15.2. The molecule has 2 heterocycles. The second kappa shape index (κ2) is 9.14. The van der Waals surface area contributed by atoms with Crippen LogP contribution in [0.2, 0.25) is 0 Å². The molecular weight excluding hydrogens is 494 g/mol. The van der Waals surface area contributed by atoms with Crippen molar-refractivity contribution in [1.82, 2.24) is 4.98 Å². The molecule has 37 heavy (non-hydrogen) atoms. The number of fused-ring (bicyclic) bond motifs is 1. The maximum atomic E-state index is 13.4. The second-order valence-electron chi connectivity index (χ2n) is 8.67. The van der Waals surface area contributed by atoms with Gasteiger partial charge >= 0.3 is 5.91 Å². The summed E-state index contributed by atoms with van der Waals surface area (Å²) in [5, 5.41) is 23.2. The number of non-ortho nitro benzene ring substituents is 1. The highest BCUT2D eigenvalue weighted by molar-refractivity contribution is 7.22. The Balaban J connectivity index is 1.77. The third-order valence-corrected chi connectivity index (χ3v) is 7.30. The maximum absolute atomic E-state index is 13.4. The Bertz CT molecular complexity index is 1640. The van der Waals surface area contributed by atoms with Crippen molar-refractivity contribution in [2.75, 3.05) is 12.0 Å². The molecule has 186 valence electrons. The van der Waals surface area contributed by atoms with Crippen molar-refractivity contribution in [2.45, 2.75) is 19.9 Å². The summed E-state index contributed by atoms with van der Waals surface area (Å²) >= 11 is 1.18. The molecule has 3 aromatic carbocycles. The number of methoxy groups -OCH3 is 1. The molecule has 1 fully saturated rings. The minimum atomic E-state index is -1.12. The number of benzene rings is 3. The predicted octanol–water partition coefficient (Wildman–Crippen LogP) is 5.46. The van der Waals surface area contributed by atoms with Crippen molar-refractivity contribution in [3.63, 3.8) is 0 Å². The molecule has 4 aromatic rings. The van der Waals surface area contributed by atoms with Gasteiger partial charge in [0.15, 0.2) is 5.13 Å². The number of ether oxygens (including phenoxy) is 1. The Morgan fingerprint density at radius 1 is 1.11 bits per heavy atom. The van der Waals surface area contributed by atoms with Gasteiger partial charge in [-0.15, -0.1) is 0 Å². The number of hydrogen-bond donors (Lipinski definition) is 1. The van der Waals surface area contributed by atoms with Crippen molar-refractivity contribution in [3.8, 4) is 5.75 Å². The molecule has 1 N–H and O–H groups in total. The molecule has 1 amide bonds. The number of thiazole rings is 1. The first-order chi connectivity index (χ1) is 17.7. The monoisotopic (exact) mass is 515 g/mol. The van der Waals surface area contributed by atoms with E-state index in [4.69, 9.17) is 4.74 Å². The topological polar surface area (TPSA) is 123 Å². The number of carbonyl (C=O) groups excluding carboxylic acids is 2. The lowest BCUT2D eigenvalue weighted by molar-refractivity contribution is -0.384. The van der Waals surface area contributed by atoms with Gasteiger partial charge in [-0.25, -0.2) is 4.98 Å². The number of anilines is 1. The van der Waals surface area contributed by atoms with Crippen LogP contribution in [0, 0.1) is 24.0 Å². The standard InChI is InChI=1S/C27H21N3O6S/c1-14-7-8-15(2)19(11-14)24(31)22-23(16-5-4-6-17(12-16)30(34)35)29(26(33)25(22)32)27-28-20-10-9-18(36-3)13-21(20)37-27/h4-13,23,31H,1-3H3. The lowest BCUT2D eigenvalue weighted by Crippen LogP contribution is -2.29. The number of aliphatic hydroxyl groups is 1. The number of carbonyl (C=O) groups is 2. The molecule has 0 aliphatic carbocycles. The molecule has 0 saturated carbocycles. The van der Waals surface area contributed by atoms with Crippen molar-refractivity contribution < 1.29 is 24.4 Å². The number of nitro benzene ring substituents is 1. The van der Waals surface area contributed by atoms with Crippen LogP contribution in [-0.4, -0.2) is 33.8 Å². The van der Waals surface area contributed by atoms with Gasteiger partial charge in [-0.05, 0) is 49.2 Å². The molecule has 1 aliphatic rings. The van der Waals surface area contributed by atoms with Crippen LogP contribution in [0.15, 0.2) is 66.2 Å².